The lowest BCUT2D eigenvalue weighted by Crippen LogP contribution is -2.49. The summed E-state index contributed by atoms with van der Waals surface area (Å²) < 4.78 is 10.9. The first-order valence-electron chi connectivity index (χ1n) is 8.16. The maximum Gasteiger partial charge on any atom is 0.231 e. The van der Waals surface area contributed by atoms with Crippen molar-refractivity contribution in [3.8, 4) is 11.5 Å². The van der Waals surface area contributed by atoms with E-state index in [4.69, 9.17) is 9.47 Å². The van der Waals surface area contributed by atoms with E-state index in [1.165, 1.54) is 0 Å². The van der Waals surface area contributed by atoms with Crippen molar-refractivity contribution < 1.29 is 14.3 Å². The van der Waals surface area contributed by atoms with Gasteiger partial charge in [-0.3, -0.25) is 4.79 Å². The van der Waals surface area contributed by atoms with Crippen molar-refractivity contribution in [3.05, 3.63) is 48.0 Å². The van der Waals surface area contributed by atoms with E-state index >= 15 is 0 Å². The molecule has 1 atom stereocenters. The van der Waals surface area contributed by atoms with E-state index in [0.717, 1.165) is 41.5 Å². The van der Waals surface area contributed by atoms with E-state index in [2.05, 4.69) is 24.0 Å². The van der Waals surface area contributed by atoms with Crippen LogP contribution < -0.4 is 19.3 Å². The van der Waals surface area contributed by atoms with Gasteiger partial charge in [0.05, 0.1) is 17.4 Å². The van der Waals surface area contributed by atoms with Crippen LogP contribution >= 0.6 is 0 Å². The van der Waals surface area contributed by atoms with Crippen LogP contribution in [0.1, 0.15) is 19.4 Å². The lowest BCUT2D eigenvalue weighted by atomic mass is 10.1. The van der Waals surface area contributed by atoms with Crippen LogP contribution in [0.3, 0.4) is 0 Å². The second-order valence-corrected chi connectivity index (χ2v) is 6.29. The molecule has 0 aromatic heterocycles. The number of ether oxygens (including phenoxy) is 2. The Kier molecular flexibility index (Phi) is 3.56. The zero-order valence-corrected chi connectivity index (χ0v) is 13.9. The molecule has 0 aliphatic carbocycles. The molecule has 124 valence electrons. The van der Waals surface area contributed by atoms with Gasteiger partial charge in [-0.1, -0.05) is 18.2 Å². The number of benzene rings is 2. The molecule has 2 aromatic carbocycles. The van der Waals surface area contributed by atoms with Crippen LogP contribution in [-0.2, 0) is 11.3 Å². The van der Waals surface area contributed by atoms with Crippen LogP contribution in [0.15, 0.2) is 42.5 Å². The summed E-state index contributed by atoms with van der Waals surface area (Å²) in [6.45, 7) is 5.56. The standard InChI is InChI=1S/C19H20N2O3/c1-13-10-20(11-15-7-8-18-19(9-15)24-12-23-18)16-5-3-4-6-17(16)21(13)14(2)22/h3-9,13H,10-12H2,1-2H3/t13-/m0/s1. The predicted octanol–water partition coefficient (Wildman–Crippen LogP) is 3.18. The highest BCUT2D eigenvalue weighted by Gasteiger charge is 2.30. The molecule has 2 heterocycles. The fourth-order valence-corrected chi connectivity index (χ4v) is 3.56. The minimum Gasteiger partial charge on any atom is -0.454 e. The van der Waals surface area contributed by atoms with Gasteiger partial charge in [0.2, 0.25) is 12.7 Å². The Hall–Kier alpha value is -2.69. The highest BCUT2D eigenvalue weighted by Crippen LogP contribution is 2.37. The summed E-state index contributed by atoms with van der Waals surface area (Å²) in [5, 5.41) is 0. The molecule has 0 spiro atoms. The van der Waals surface area contributed by atoms with Gasteiger partial charge >= 0.3 is 0 Å². The average molecular weight is 324 g/mol. The molecule has 2 aromatic rings. The van der Waals surface area contributed by atoms with E-state index in [9.17, 15) is 4.79 Å². The molecule has 0 saturated heterocycles. The molecule has 0 bridgehead atoms. The van der Waals surface area contributed by atoms with Gasteiger partial charge in [-0.15, -0.1) is 0 Å². The molecule has 2 aliphatic heterocycles. The summed E-state index contributed by atoms with van der Waals surface area (Å²) in [5.74, 6) is 1.68. The second-order valence-electron chi connectivity index (χ2n) is 6.29. The Morgan fingerprint density at radius 3 is 2.67 bits per heavy atom. The maximum absolute atomic E-state index is 12.0. The van der Waals surface area contributed by atoms with Crippen LogP contribution in [0.5, 0.6) is 11.5 Å². The first kappa shape index (κ1) is 14.9. The van der Waals surface area contributed by atoms with Gasteiger partial charge < -0.3 is 19.3 Å². The van der Waals surface area contributed by atoms with Gasteiger partial charge in [-0.05, 0) is 36.8 Å². The first-order chi connectivity index (χ1) is 11.6. The number of anilines is 2. The van der Waals surface area contributed by atoms with Gasteiger partial charge in [0, 0.05) is 20.0 Å². The van der Waals surface area contributed by atoms with Crippen LogP contribution in [0.25, 0.3) is 0 Å². The lowest BCUT2D eigenvalue weighted by molar-refractivity contribution is -0.117. The zero-order chi connectivity index (χ0) is 16.7. The molecular formula is C19H20N2O3. The Morgan fingerprint density at radius 2 is 1.88 bits per heavy atom. The van der Waals surface area contributed by atoms with Crippen LogP contribution in [0, 0.1) is 0 Å². The number of hydrogen-bond acceptors (Lipinski definition) is 4. The number of fused-ring (bicyclic) bond motifs is 2. The Labute approximate surface area is 141 Å². The molecule has 0 unspecified atom stereocenters. The quantitative estimate of drug-likeness (QED) is 0.851. The van der Waals surface area contributed by atoms with Crippen LogP contribution in [-0.4, -0.2) is 25.3 Å². The van der Waals surface area contributed by atoms with Gasteiger partial charge in [0.15, 0.2) is 11.5 Å². The predicted molar refractivity (Wildman–Crippen MR) is 92.7 cm³/mol. The SMILES string of the molecule is CC(=O)N1c2ccccc2N(Cc2ccc3c(c2)OCO3)C[C@@H]1C. The van der Waals surface area contributed by atoms with Crippen molar-refractivity contribution in [2.45, 2.75) is 26.4 Å². The summed E-state index contributed by atoms with van der Waals surface area (Å²) in [6.07, 6.45) is 0. The minimum atomic E-state index is 0.0812. The minimum absolute atomic E-state index is 0.0812. The maximum atomic E-state index is 12.0. The molecule has 5 heteroatoms. The normalized spacial score (nSPS) is 18.5. The van der Waals surface area contributed by atoms with Crippen molar-refractivity contribution >= 4 is 17.3 Å². The number of nitrogens with zero attached hydrogens (tertiary/aromatic N) is 2. The van der Waals surface area contributed by atoms with E-state index in [-0.39, 0.29) is 18.7 Å². The Balaban J connectivity index is 1.66. The second kappa shape index (κ2) is 5.74. The van der Waals surface area contributed by atoms with E-state index in [1.54, 1.807) is 6.92 Å². The van der Waals surface area contributed by atoms with Gasteiger partial charge in [-0.25, -0.2) is 0 Å². The average Bonchev–Trinajstić information content (AvgIpc) is 3.02. The van der Waals surface area contributed by atoms with Crippen molar-refractivity contribution in [2.75, 3.05) is 23.1 Å². The van der Waals surface area contributed by atoms with Gasteiger partial charge in [0.1, 0.15) is 0 Å². The van der Waals surface area contributed by atoms with Gasteiger partial charge in [0.25, 0.3) is 0 Å². The molecule has 0 N–H and O–H groups in total. The summed E-state index contributed by atoms with van der Waals surface area (Å²) in [5.41, 5.74) is 3.23. The number of para-hydroxylation sites is 2. The first-order valence-corrected chi connectivity index (χ1v) is 8.16. The van der Waals surface area contributed by atoms with E-state index < -0.39 is 0 Å². The number of hydrogen-bond donors (Lipinski definition) is 0. The van der Waals surface area contributed by atoms with Crippen molar-refractivity contribution in [3.63, 3.8) is 0 Å². The van der Waals surface area contributed by atoms with Crippen molar-refractivity contribution in [1.82, 2.24) is 0 Å². The number of amides is 1. The molecule has 2 aliphatic rings. The smallest absolute Gasteiger partial charge is 0.231 e. The number of rotatable bonds is 2. The highest BCUT2D eigenvalue weighted by atomic mass is 16.7. The summed E-state index contributed by atoms with van der Waals surface area (Å²) in [4.78, 5) is 16.2. The molecule has 0 fully saturated rings. The number of carbonyl (C=O) groups excluding carboxylic acids is 1. The van der Waals surface area contributed by atoms with E-state index in [0.29, 0.717) is 0 Å². The molecule has 4 rings (SSSR count). The zero-order valence-electron chi connectivity index (χ0n) is 13.9. The summed E-state index contributed by atoms with van der Waals surface area (Å²) in [6, 6.07) is 14.3. The monoisotopic (exact) mass is 324 g/mol. The molecule has 5 nitrogen and oxygen atoms in total. The molecule has 0 radical (unpaired) electrons. The topological polar surface area (TPSA) is 42.0 Å². The summed E-state index contributed by atoms with van der Waals surface area (Å²) in [7, 11) is 0. The Morgan fingerprint density at radius 1 is 1.12 bits per heavy atom. The highest BCUT2D eigenvalue weighted by molar-refractivity contribution is 5.97. The molecule has 24 heavy (non-hydrogen) atoms. The van der Waals surface area contributed by atoms with Crippen molar-refractivity contribution in [2.24, 2.45) is 0 Å². The van der Waals surface area contributed by atoms with Crippen molar-refractivity contribution in [1.29, 1.82) is 0 Å². The number of carbonyl (C=O) groups is 1. The fraction of sp³-hybridized carbons (Fsp3) is 0.316. The van der Waals surface area contributed by atoms with E-state index in [1.807, 2.05) is 35.2 Å². The molecule has 0 saturated carbocycles. The van der Waals surface area contributed by atoms with Crippen LogP contribution in [0.4, 0.5) is 11.4 Å². The fourth-order valence-electron chi connectivity index (χ4n) is 3.56. The van der Waals surface area contributed by atoms with Gasteiger partial charge in [-0.2, -0.15) is 0 Å². The largest absolute Gasteiger partial charge is 0.454 e. The third-order valence-corrected chi connectivity index (χ3v) is 4.56. The molecule has 1 amide bonds. The Bertz CT molecular complexity index is 790. The lowest BCUT2D eigenvalue weighted by Gasteiger charge is -2.41. The third kappa shape index (κ3) is 2.46. The summed E-state index contributed by atoms with van der Waals surface area (Å²) >= 11 is 0. The van der Waals surface area contributed by atoms with Crippen LogP contribution in [0.2, 0.25) is 0 Å². The third-order valence-electron chi connectivity index (χ3n) is 4.56. The molecular weight excluding hydrogens is 304 g/mol.